The molecule has 112 valence electrons. The van der Waals surface area contributed by atoms with Gasteiger partial charge >= 0.3 is 0 Å². The zero-order valence-corrected chi connectivity index (χ0v) is 12.3. The number of aromatic nitrogens is 4. The zero-order valence-electron chi connectivity index (χ0n) is 10.7. The van der Waals surface area contributed by atoms with Crippen LogP contribution in [0.3, 0.4) is 0 Å². The van der Waals surface area contributed by atoms with E-state index in [1.165, 1.54) is 12.1 Å². The van der Waals surface area contributed by atoms with E-state index >= 15 is 0 Å². The van der Waals surface area contributed by atoms with Crippen molar-refractivity contribution >= 4 is 29.0 Å². The molecule has 0 aliphatic carbocycles. The van der Waals surface area contributed by atoms with Crippen molar-refractivity contribution in [1.82, 2.24) is 25.9 Å². The fourth-order valence-electron chi connectivity index (χ4n) is 2.13. The molecule has 0 aromatic carbocycles. The van der Waals surface area contributed by atoms with Gasteiger partial charge in [-0.15, -0.1) is 21.5 Å². The first-order valence-corrected chi connectivity index (χ1v) is 8.10. The average Bonchev–Trinajstić information content (AvgIpc) is 3.20. The van der Waals surface area contributed by atoms with Gasteiger partial charge < -0.3 is 5.32 Å². The van der Waals surface area contributed by atoms with E-state index in [9.17, 15) is 13.6 Å². The molecular weight excluding hydrogens is 320 g/mol. The molecule has 0 saturated carbocycles. The maximum atomic E-state index is 12.6. The topological polar surface area (TPSA) is 83.6 Å². The molecule has 0 radical (unpaired) electrons. The molecule has 3 rings (SSSR count). The Balaban J connectivity index is 1.81. The first kappa shape index (κ1) is 14.4. The molecule has 1 aliphatic heterocycles. The van der Waals surface area contributed by atoms with E-state index in [0.29, 0.717) is 18.0 Å². The Bertz CT molecular complexity index is 624. The monoisotopic (exact) mass is 331 g/mol. The number of halogens is 2. The van der Waals surface area contributed by atoms with Crippen LogP contribution in [0.15, 0.2) is 12.1 Å². The Kier molecular flexibility index (Phi) is 3.89. The molecule has 0 spiro atoms. The van der Waals surface area contributed by atoms with E-state index in [1.807, 2.05) is 0 Å². The molecular formula is C11H11F2N5OS2. The van der Waals surface area contributed by atoms with Crippen LogP contribution in [-0.4, -0.2) is 38.0 Å². The van der Waals surface area contributed by atoms with Crippen molar-refractivity contribution < 1.29 is 13.6 Å². The average molecular weight is 331 g/mol. The maximum absolute atomic E-state index is 12.6. The summed E-state index contributed by atoms with van der Waals surface area (Å²) in [6, 6.07) is 2.68. The van der Waals surface area contributed by atoms with Crippen LogP contribution in [0.1, 0.15) is 33.2 Å². The lowest BCUT2D eigenvalue weighted by molar-refractivity contribution is 0.0907. The number of carbonyl (C=O) groups is 1. The third kappa shape index (κ3) is 2.77. The summed E-state index contributed by atoms with van der Waals surface area (Å²) < 4.78 is 25.2. The fraction of sp³-hybridized carbons (Fsp3) is 0.455. The van der Waals surface area contributed by atoms with E-state index < -0.39 is 12.0 Å². The van der Waals surface area contributed by atoms with Crippen LogP contribution in [0.2, 0.25) is 0 Å². The summed E-state index contributed by atoms with van der Waals surface area (Å²) in [5.41, 5.74) is -0.691. The number of thioether (sulfide) groups is 1. The van der Waals surface area contributed by atoms with Crippen LogP contribution >= 0.6 is 23.1 Å². The quantitative estimate of drug-likeness (QED) is 0.895. The molecule has 6 nitrogen and oxygen atoms in total. The van der Waals surface area contributed by atoms with Gasteiger partial charge in [0.15, 0.2) is 0 Å². The van der Waals surface area contributed by atoms with Crippen molar-refractivity contribution in [1.29, 1.82) is 0 Å². The lowest BCUT2D eigenvalue weighted by atomic mass is 9.98. The summed E-state index contributed by atoms with van der Waals surface area (Å²) in [5.74, 6) is 1.53. The van der Waals surface area contributed by atoms with Crippen LogP contribution in [0, 0.1) is 0 Å². The first-order chi connectivity index (χ1) is 10.1. The smallest absolute Gasteiger partial charge is 0.272 e. The molecule has 1 atom stereocenters. The third-order valence-corrected chi connectivity index (χ3v) is 5.49. The summed E-state index contributed by atoms with van der Waals surface area (Å²) in [7, 11) is 0. The largest absolute Gasteiger partial charge is 0.338 e. The fourth-order valence-corrected chi connectivity index (χ4v) is 4.22. The van der Waals surface area contributed by atoms with E-state index in [2.05, 4.69) is 25.9 Å². The molecule has 2 aromatic rings. The van der Waals surface area contributed by atoms with Crippen molar-refractivity contribution in [3.05, 3.63) is 27.7 Å². The number of tetrazole rings is 1. The SMILES string of the molecule is O=C(NC1(c2nn[nH]n2)CCSC1)c1ccc(C(F)F)s1. The number of thiophene rings is 1. The minimum Gasteiger partial charge on any atom is -0.338 e. The van der Waals surface area contributed by atoms with Crippen LogP contribution in [0.25, 0.3) is 0 Å². The second-order valence-electron chi connectivity index (χ2n) is 4.58. The van der Waals surface area contributed by atoms with Crippen molar-refractivity contribution in [3.8, 4) is 0 Å². The lowest BCUT2D eigenvalue weighted by Crippen LogP contribution is -2.46. The second-order valence-corrected chi connectivity index (χ2v) is 6.80. The number of nitrogens with zero attached hydrogens (tertiary/aromatic N) is 3. The van der Waals surface area contributed by atoms with Gasteiger partial charge in [0.05, 0.1) is 9.75 Å². The van der Waals surface area contributed by atoms with Crippen molar-refractivity contribution in [2.24, 2.45) is 0 Å². The van der Waals surface area contributed by atoms with Crippen LogP contribution in [0.5, 0.6) is 0 Å². The lowest BCUT2D eigenvalue weighted by Gasteiger charge is -2.25. The molecule has 1 saturated heterocycles. The Morgan fingerprint density at radius 3 is 2.90 bits per heavy atom. The van der Waals surface area contributed by atoms with Crippen LogP contribution in [-0.2, 0) is 5.54 Å². The standard InChI is InChI=1S/C11H11F2N5OS2/c12-8(13)6-1-2-7(21-6)9(19)14-11(3-4-20-5-11)10-15-17-18-16-10/h1-2,8H,3-5H2,(H,14,19)(H,15,16,17,18). The van der Waals surface area contributed by atoms with Gasteiger partial charge in [-0.25, -0.2) is 8.78 Å². The molecule has 0 bridgehead atoms. The third-order valence-electron chi connectivity index (χ3n) is 3.21. The number of hydrogen-bond donors (Lipinski definition) is 2. The minimum absolute atomic E-state index is 0.116. The van der Waals surface area contributed by atoms with Gasteiger partial charge in [0, 0.05) is 5.75 Å². The predicted molar refractivity (Wildman–Crippen MR) is 74.5 cm³/mol. The number of hydrogen-bond acceptors (Lipinski definition) is 6. The van der Waals surface area contributed by atoms with Gasteiger partial charge in [0.25, 0.3) is 12.3 Å². The van der Waals surface area contributed by atoms with Crippen molar-refractivity contribution in [2.75, 3.05) is 11.5 Å². The second kappa shape index (κ2) is 5.68. The number of carbonyl (C=O) groups excluding carboxylic acids is 1. The number of H-pyrrole nitrogens is 1. The van der Waals surface area contributed by atoms with E-state index in [0.717, 1.165) is 17.1 Å². The minimum atomic E-state index is -2.57. The van der Waals surface area contributed by atoms with Gasteiger partial charge in [0.1, 0.15) is 5.54 Å². The number of rotatable bonds is 4. The van der Waals surface area contributed by atoms with Gasteiger partial charge in [-0.1, -0.05) is 5.21 Å². The number of nitrogens with one attached hydrogen (secondary N) is 2. The molecule has 1 aliphatic rings. The van der Waals surface area contributed by atoms with Gasteiger partial charge in [0.2, 0.25) is 5.82 Å². The molecule has 2 aromatic heterocycles. The first-order valence-electron chi connectivity index (χ1n) is 6.13. The highest BCUT2D eigenvalue weighted by Gasteiger charge is 2.41. The number of aromatic amines is 1. The summed E-state index contributed by atoms with van der Waals surface area (Å²) in [6.07, 6.45) is -1.89. The van der Waals surface area contributed by atoms with E-state index in [-0.39, 0.29) is 15.7 Å². The Morgan fingerprint density at radius 1 is 1.48 bits per heavy atom. The highest BCUT2D eigenvalue weighted by molar-refractivity contribution is 7.99. The predicted octanol–water partition coefficient (Wildman–Crippen LogP) is 1.96. The highest BCUT2D eigenvalue weighted by Crippen LogP contribution is 2.35. The molecule has 1 unspecified atom stereocenters. The summed E-state index contributed by atoms with van der Waals surface area (Å²) in [5, 5.41) is 16.7. The molecule has 1 fully saturated rings. The molecule has 21 heavy (non-hydrogen) atoms. The summed E-state index contributed by atoms with van der Waals surface area (Å²) in [4.78, 5) is 12.4. The van der Waals surface area contributed by atoms with Crippen LogP contribution in [0.4, 0.5) is 8.78 Å². The highest BCUT2D eigenvalue weighted by atomic mass is 32.2. The number of amides is 1. The molecule has 3 heterocycles. The van der Waals surface area contributed by atoms with Gasteiger partial charge in [-0.2, -0.15) is 17.0 Å². The summed E-state index contributed by atoms with van der Waals surface area (Å²) >= 11 is 2.47. The molecule has 1 amide bonds. The Labute approximate surface area is 126 Å². The molecule has 10 heteroatoms. The van der Waals surface area contributed by atoms with Gasteiger partial charge in [-0.3, -0.25) is 4.79 Å². The summed E-state index contributed by atoms with van der Waals surface area (Å²) in [6.45, 7) is 0. The van der Waals surface area contributed by atoms with Gasteiger partial charge in [-0.05, 0) is 24.3 Å². The van der Waals surface area contributed by atoms with E-state index in [1.54, 1.807) is 11.8 Å². The van der Waals surface area contributed by atoms with E-state index in [4.69, 9.17) is 0 Å². The molecule has 2 N–H and O–H groups in total. The van der Waals surface area contributed by atoms with Crippen LogP contribution < -0.4 is 5.32 Å². The zero-order chi connectivity index (χ0) is 14.9. The van der Waals surface area contributed by atoms with Crippen molar-refractivity contribution in [3.63, 3.8) is 0 Å². The maximum Gasteiger partial charge on any atom is 0.272 e. The Hall–Kier alpha value is -1.55. The normalized spacial score (nSPS) is 21.9. The Morgan fingerprint density at radius 2 is 2.33 bits per heavy atom. The number of alkyl halides is 2. The van der Waals surface area contributed by atoms with Crippen molar-refractivity contribution in [2.45, 2.75) is 18.4 Å².